The van der Waals surface area contributed by atoms with Gasteiger partial charge in [0.05, 0.1) is 9.40 Å². The summed E-state index contributed by atoms with van der Waals surface area (Å²) < 4.78 is 9.01. The lowest BCUT2D eigenvalue weighted by Gasteiger charge is -2.15. The second-order valence-electron chi connectivity index (χ2n) is 11.3. The third-order valence-electron chi connectivity index (χ3n) is 8.64. The van der Waals surface area contributed by atoms with Gasteiger partial charge in [0.2, 0.25) is 13.4 Å². The topological polar surface area (TPSA) is 0 Å². The molecule has 0 amide bonds. The number of hydrogen-bond acceptors (Lipinski definition) is 3. The van der Waals surface area contributed by atoms with Crippen LogP contribution in [0.15, 0.2) is 97.1 Å². The maximum atomic E-state index is 2.53. The van der Waals surface area contributed by atoms with Crippen LogP contribution in [0, 0.1) is 0 Å². The molecule has 0 atom stereocenters. The highest BCUT2D eigenvalue weighted by Crippen LogP contribution is 2.40. The number of rotatable bonds is 10. The van der Waals surface area contributed by atoms with Crippen molar-refractivity contribution in [3.05, 3.63) is 97.1 Å². The van der Waals surface area contributed by atoms with Gasteiger partial charge in [-0.2, -0.15) is 0 Å². The van der Waals surface area contributed by atoms with Crippen molar-refractivity contribution in [1.29, 1.82) is 0 Å². The van der Waals surface area contributed by atoms with Crippen molar-refractivity contribution in [2.75, 3.05) is 0 Å². The molecule has 5 heteroatoms. The molecule has 4 aromatic carbocycles. The van der Waals surface area contributed by atoms with Crippen LogP contribution >= 0.6 is 34.0 Å². The number of hydrogen-bond donors (Lipinski definition) is 0. The van der Waals surface area contributed by atoms with Crippen molar-refractivity contribution in [2.24, 2.45) is 0 Å². The van der Waals surface area contributed by atoms with Gasteiger partial charge in [-0.1, -0.05) is 148 Å². The van der Waals surface area contributed by atoms with Crippen molar-refractivity contribution < 1.29 is 0 Å². The van der Waals surface area contributed by atoms with Crippen LogP contribution < -0.4 is 20.5 Å². The van der Waals surface area contributed by atoms with Crippen molar-refractivity contribution >= 4 is 108 Å². The molecule has 0 saturated heterocycles. The largest absolute Gasteiger partial charge is 0.223 e. The lowest BCUT2D eigenvalue weighted by atomic mass is 9.40. The van der Waals surface area contributed by atoms with Crippen LogP contribution in [0.3, 0.4) is 0 Å². The summed E-state index contributed by atoms with van der Waals surface area (Å²) in [5.41, 5.74) is 2.98. The normalized spacial score (nSPS) is 11.8. The molecule has 0 radical (unpaired) electrons. The Morgan fingerprint density at radius 3 is 1.41 bits per heavy atom. The van der Waals surface area contributed by atoms with Crippen LogP contribution in [0.2, 0.25) is 12.6 Å². The zero-order valence-corrected chi connectivity index (χ0v) is 26.3. The SMILES string of the molecule is CCCCB(c1cc2sc3cc(B(CCCC)c4cccc5ccccc45)sc3c2s1)c1cccc2ccccc12. The molecule has 0 spiro atoms. The van der Waals surface area contributed by atoms with Crippen LogP contribution in [-0.2, 0) is 0 Å². The maximum Gasteiger partial charge on any atom is 0.223 e. The smallest absolute Gasteiger partial charge is 0.147 e. The van der Waals surface area contributed by atoms with Gasteiger partial charge in [-0.15, -0.1) is 34.0 Å². The molecule has 0 bridgehead atoms. The Hall–Kier alpha value is -2.85. The minimum atomic E-state index is 0.452. The Balaban J connectivity index is 1.32. The van der Waals surface area contributed by atoms with Crippen molar-refractivity contribution in [3.8, 4) is 0 Å². The zero-order valence-electron chi connectivity index (χ0n) is 23.9. The molecule has 7 rings (SSSR count). The lowest BCUT2D eigenvalue weighted by Crippen LogP contribution is -2.40. The first-order chi connectivity index (χ1) is 20.2. The molecule has 7 aromatic rings. The van der Waals surface area contributed by atoms with Gasteiger partial charge in [0.15, 0.2) is 0 Å². The molecule has 0 aliphatic carbocycles. The van der Waals surface area contributed by atoms with E-state index in [-0.39, 0.29) is 0 Å². The molecule has 0 saturated carbocycles. The van der Waals surface area contributed by atoms with Crippen LogP contribution in [0.5, 0.6) is 0 Å². The van der Waals surface area contributed by atoms with Crippen LogP contribution in [0.1, 0.15) is 39.5 Å². The summed E-state index contributed by atoms with van der Waals surface area (Å²) in [5.74, 6) is 0. The van der Waals surface area contributed by atoms with E-state index in [0.29, 0.717) is 13.4 Å². The molecule has 202 valence electrons. The number of benzene rings is 4. The Kier molecular flexibility index (Phi) is 7.77. The zero-order chi connectivity index (χ0) is 27.8. The highest BCUT2D eigenvalue weighted by atomic mass is 32.1. The molecule has 0 unspecified atom stereocenters. The van der Waals surface area contributed by atoms with Gasteiger partial charge >= 0.3 is 0 Å². The van der Waals surface area contributed by atoms with Crippen molar-refractivity contribution in [2.45, 2.75) is 52.2 Å². The molecular weight excluding hydrogens is 550 g/mol. The molecule has 3 aromatic heterocycles. The Labute approximate surface area is 256 Å². The molecule has 0 fully saturated rings. The molecule has 0 aliphatic rings. The standard InChI is InChI=1S/C36H34B2S3/c1-3-5-21-37(29-19-11-15-25-13-7-9-17-27(25)29)33-23-31-35(40-33)36-32(39-31)24-34(41-36)38(22-6-4-2)30-20-12-16-26-14-8-10-18-28(26)30/h7-20,23-24H,3-6,21-22H2,1-2H3. The van der Waals surface area contributed by atoms with E-state index >= 15 is 0 Å². The summed E-state index contributed by atoms with van der Waals surface area (Å²) in [6.45, 7) is 5.53. The number of fused-ring (bicyclic) bond motifs is 5. The van der Waals surface area contributed by atoms with Crippen LogP contribution in [0.4, 0.5) is 0 Å². The average molecular weight is 584 g/mol. The summed E-state index contributed by atoms with van der Waals surface area (Å²) in [6.07, 6.45) is 7.37. The van der Waals surface area contributed by atoms with E-state index in [9.17, 15) is 0 Å². The summed E-state index contributed by atoms with van der Waals surface area (Å²) in [6, 6.07) is 36.6. The average Bonchev–Trinajstić information content (AvgIpc) is 3.69. The lowest BCUT2D eigenvalue weighted by molar-refractivity contribution is 0.878. The number of thiophene rings is 3. The fourth-order valence-corrected chi connectivity index (χ4v) is 10.9. The minimum absolute atomic E-state index is 0.452. The summed E-state index contributed by atoms with van der Waals surface area (Å²) in [4.78, 5) is 0. The van der Waals surface area contributed by atoms with E-state index in [2.05, 4.69) is 134 Å². The molecule has 0 aliphatic heterocycles. The van der Waals surface area contributed by atoms with Gasteiger partial charge in [-0.3, -0.25) is 0 Å². The van der Waals surface area contributed by atoms with E-state index in [4.69, 9.17) is 0 Å². The first-order valence-electron chi connectivity index (χ1n) is 15.2. The quantitative estimate of drug-likeness (QED) is 0.141. The van der Waals surface area contributed by atoms with Gasteiger partial charge in [-0.25, -0.2) is 0 Å². The molecule has 0 nitrogen and oxygen atoms in total. The monoisotopic (exact) mass is 584 g/mol. The second kappa shape index (κ2) is 11.8. The predicted octanol–water partition coefficient (Wildman–Crippen LogP) is 9.30. The molecule has 3 heterocycles. The van der Waals surface area contributed by atoms with Crippen LogP contribution in [0.25, 0.3) is 40.3 Å². The fraction of sp³-hybridized carbons (Fsp3) is 0.222. The highest BCUT2D eigenvalue weighted by Gasteiger charge is 2.27. The van der Waals surface area contributed by atoms with Gasteiger partial charge in [0, 0.05) is 9.40 Å². The molecular formula is C36H34B2S3. The highest BCUT2D eigenvalue weighted by molar-refractivity contribution is 7.44. The second-order valence-corrected chi connectivity index (χ2v) is 14.6. The third kappa shape index (κ3) is 5.07. The Morgan fingerprint density at radius 1 is 0.512 bits per heavy atom. The van der Waals surface area contributed by atoms with E-state index in [0.717, 1.165) is 0 Å². The van der Waals surface area contributed by atoms with Gasteiger partial charge in [0.1, 0.15) is 0 Å². The van der Waals surface area contributed by atoms with Gasteiger partial charge < -0.3 is 0 Å². The maximum absolute atomic E-state index is 2.53. The summed E-state index contributed by atoms with van der Waals surface area (Å²) >= 11 is 6.12. The molecule has 0 N–H and O–H groups in total. The first kappa shape index (κ1) is 27.0. The van der Waals surface area contributed by atoms with E-state index in [1.807, 2.05) is 11.3 Å². The first-order valence-corrected chi connectivity index (χ1v) is 17.6. The van der Waals surface area contributed by atoms with E-state index in [1.165, 1.54) is 99.1 Å². The summed E-state index contributed by atoms with van der Waals surface area (Å²) in [5, 5.41) is 5.51. The molecule has 41 heavy (non-hydrogen) atoms. The van der Waals surface area contributed by atoms with Crippen molar-refractivity contribution in [1.82, 2.24) is 0 Å². The van der Waals surface area contributed by atoms with E-state index < -0.39 is 0 Å². The Bertz CT molecular complexity index is 1810. The van der Waals surface area contributed by atoms with Gasteiger partial charge in [0.25, 0.3) is 0 Å². The minimum Gasteiger partial charge on any atom is -0.147 e. The fourth-order valence-electron chi connectivity index (χ4n) is 6.54. The van der Waals surface area contributed by atoms with Crippen molar-refractivity contribution in [3.63, 3.8) is 0 Å². The predicted molar refractivity (Wildman–Crippen MR) is 192 cm³/mol. The Morgan fingerprint density at radius 2 is 0.951 bits per heavy atom. The van der Waals surface area contributed by atoms with Gasteiger partial charge in [-0.05, 0) is 43.2 Å². The van der Waals surface area contributed by atoms with Crippen LogP contribution in [-0.4, -0.2) is 13.4 Å². The summed E-state index contributed by atoms with van der Waals surface area (Å²) in [7, 11) is 0. The van der Waals surface area contributed by atoms with E-state index in [1.54, 1.807) is 0 Å². The third-order valence-corrected chi connectivity index (χ3v) is 12.6. The number of unbranched alkanes of at least 4 members (excludes halogenated alkanes) is 2.